The van der Waals surface area contributed by atoms with Gasteiger partial charge in [-0.1, -0.05) is 6.92 Å². The van der Waals surface area contributed by atoms with Gasteiger partial charge in [0.15, 0.2) is 9.84 Å². The Morgan fingerprint density at radius 3 is 2.65 bits per heavy atom. The SMILES string of the molecule is CNCC(C)CNC(=O)CC1CCS(=O)(=O)C1. The number of carbonyl (C=O) groups is 1. The zero-order valence-corrected chi connectivity index (χ0v) is 11.3. The monoisotopic (exact) mass is 262 g/mol. The third-order valence-electron chi connectivity index (χ3n) is 3.00. The molecule has 2 unspecified atom stereocenters. The van der Waals surface area contributed by atoms with E-state index in [1.54, 1.807) is 0 Å². The molecule has 0 radical (unpaired) electrons. The molecular weight excluding hydrogens is 240 g/mol. The molecule has 0 aliphatic carbocycles. The number of amides is 1. The van der Waals surface area contributed by atoms with E-state index in [0.29, 0.717) is 25.3 Å². The largest absolute Gasteiger partial charge is 0.356 e. The third-order valence-corrected chi connectivity index (χ3v) is 4.84. The fourth-order valence-corrected chi connectivity index (χ4v) is 3.94. The molecular formula is C11H22N2O3S. The average Bonchev–Trinajstić information content (AvgIpc) is 2.55. The van der Waals surface area contributed by atoms with Gasteiger partial charge in [-0.15, -0.1) is 0 Å². The van der Waals surface area contributed by atoms with Crippen LogP contribution in [-0.4, -0.2) is 46.0 Å². The average molecular weight is 262 g/mol. The van der Waals surface area contributed by atoms with Gasteiger partial charge >= 0.3 is 0 Å². The van der Waals surface area contributed by atoms with Crippen LogP contribution in [0, 0.1) is 11.8 Å². The highest BCUT2D eigenvalue weighted by atomic mass is 32.2. The van der Waals surface area contributed by atoms with Crippen LogP contribution in [0.2, 0.25) is 0 Å². The van der Waals surface area contributed by atoms with Crippen molar-refractivity contribution in [1.29, 1.82) is 0 Å². The first-order valence-electron chi connectivity index (χ1n) is 6.04. The normalized spacial score (nSPS) is 24.5. The van der Waals surface area contributed by atoms with Gasteiger partial charge in [0.2, 0.25) is 5.91 Å². The van der Waals surface area contributed by atoms with Crippen LogP contribution in [0.1, 0.15) is 19.8 Å². The minimum atomic E-state index is -2.87. The Bertz CT molecular complexity index is 354. The molecule has 1 aliphatic heterocycles. The van der Waals surface area contributed by atoms with E-state index in [1.807, 2.05) is 7.05 Å². The van der Waals surface area contributed by atoms with Gasteiger partial charge in [0.1, 0.15) is 0 Å². The molecule has 0 aromatic rings. The summed E-state index contributed by atoms with van der Waals surface area (Å²) in [4.78, 5) is 11.6. The van der Waals surface area contributed by atoms with Gasteiger partial charge < -0.3 is 10.6 Å². The Labute approximate surface area is 103 Å². The minimum absolute atomic E-state index is 0.0135. The van der Waals surface area contributed by atoms with Gasteiger partial charge in [0.05, 0.1) is 11.5 Å². The van der Waals surface area contributed by atoms with Gasteiger partial charge in [0.25, 0.3) is 0 Å². The van der Waals surface area contributed by atoms with E-state index in [-0.39, 0.29) is 23.3 Å². The molecule has 6 heteroatoms. The maximum Gasteiger partial charge on any atom is 0.220 e. The van der Waals surface area contributed by atoms with Crippen molar-refractivity contribution in [3.8, 4) is 0 Å². The van der Waals surface area contributed by atoms with Gasteiger partial charge in [-0.3, -0.25) is 4.79 Å². The molecule has 2 atom stereocenters. The molecule has 0 aromatic carbocycles. The highest BCUT2D eigenvalue weighted by molar-refractivity contribution is 7.91. The summed E-state index contributed by atoms with van der Waals surface area (Å²) >= 11 is 0. The number of hydrogen-bond donors (Lipinski definition) is 2. The molecule has 1 heterocycles. The second-order valence-electron chi connectivity index (χ2n) is 4.94. The van der Waals surface area contributed by atoms with Crippen molar-refractivity contribution >= 4 is 15.7 Å². The maximum absolute atomic E-state index is 11.6. The van der Waals surface area contributed by atoms with Gasteiger partial charge in [-0.2, -0.15) is 0 Å². The zero-order valence-electron chi connectivity index (χ0n) is 10.5. The minimum Gasteiger partial charge on any atom is -0.356 e. The lowest BCUT2D eigenvalue weighted by atomic mass is 10.0. The van der Waals surface area contributed by atoms with E-state index in [2.05, 4.69) is 17.6 Å². The Morgan fingerprint density at radius 1 is 1.41 bits per heavy atom. The quantitative estimate of drug-likeness (QED) is 0.694. The number of rotatable bonds is 6. The van der Waals surface area contributed by atoms with Crippen molar-refractivity contribution in [2.45, 2.75) is 19.8 Å². The summed E-state index contributed by atoms with van der Waals surface area (Å²) in [6, 6.07) is 0. The van der Waals surface area contributed by atoms with Crippen LogP contribution in [0.15, 0.2) is 0 Å². The summed E-state index contributed by atoms with van der Waals surface area (Å²) in [6.07, 6.45) is 0.966. The first-order valence-corrected chi connectivity index (χ1v) is 7.87. The molecule has 0 saturated carbocycles. The van der Waals surface area contributed by atoms with Crippen LogP contribution in [0.3, 0.4) is 0 Å². The van der Waals surface area contributed by atoms with E-state index < -0.39 is 9.84 Å². The van der Waals surface area contributed by atoms with Gasteiger partial charge in [-0.25, -0.2) is 8.42 Å². The van der Waals surface area contributed by atoms with Crippen LogP contribution < -0.4 is 10.6 Å². The van der Waals surface area contributed by atoms with Crippen molar-refractivity contribution in [2.24, 2.45) is 11.8 Å². The number of sulfone groups is 1. The Hall–Kier alpha value is -0.620. The van der Waals surface area contributed by atoms with E-state index in [9.17, 15) is 13.2 Å². The van der Waals surface area contributed by atoms with Crippen molar-refractivity contribution < 1.29 is 13.2 Å². The van der Waals surface area contributed by atoms with Crippen molar-refractivity contribution in [3.05, 3.63) is 0 Å². The number of hydrogen-bond acceptors (Lipinski definition) is 4. The molecule has 2 N–H and O–H groups in total. The summed E-state index contributed by atoms with van der Waals surface area (Å²) in [6.45, 7) is 3.55. The van der Waals surface area contributed by atoms with Crippen LogP contribution in [0.4, 0.5) is 0 Å². The molecule has 1 saturated heterocycles. The lowest BCUT2D eigenvalue weighted by Crippen LogP contribution is -2.33. The topological polar surface area (TPSA) is 75.3 Å². The second kappa shape index (κ2) is 6.35. The van der Waals surface area contributed by atoms with Crippen LogP contribution in [-0.2, 0) is 14.6 Å². The number of nitrogens with one attached hydrogen (secondary N) is 2. The molecule has 1 rings (SSSR count). The summed E-state index contributed by atoms with van der Waals surface area (Å²) in [5.74, 6) is 0.777. The van der Waals surface area contributed by atoms with E-state index >= 15 is 0 Å². The lowest BCUT2D eigenvalue weighted by Gasteiger charge is -2.13. The zero-order chi connectivity index (χ0) is 12.9. The van der Waals surface area contributed by atoms with E-state index in [4.69, 9.17) is 0 Å². The molecule has 1 amide bonds. The molecule has 0 aromatic heterocycles. The highest BCUT2D eigenvalue weighted by Gasteiger charge is 2.29. The Morgan fingerprint density at radius 2 is 2.12 bits per heavy atom. The molecule has 1 aliphatic rings. The van der Waals surface area contributed by atoms with Crippen LogP contribution in [0.5, 0.6) is 0 Å². The smallest absolute Gasteiger partial charge is 0.220 e. The molecule has 0 spiro atoms. The molecule has 17 heavy (non-hydrogen) atoms. The summed E-state index contributed by atoms with van der Waals surface area (Å²) < 4.78 is 22.5. The van der Waals surface area contributed by atoms with Crippen molar-refractivity contribution in [2.75, 3.05) is 31.6 Å². The predicted molar refractivity (Wildman–Crippen MR) is 67.5 cm³/mol. The molecule has 1 fully saturated rings. The standard InChI is InChI=1S/C11H22N2O3S/c1-9(6-12-2)7-13-11(14)5-10-3-4-17(15,16)8-10/h9-10,12H,3-8H2,1-2H3,(H,13,14). The lowest BCUT2D eigenvalue weighted by molar-refractivity contribution is -0.122. The number of carbonyl (C=O) groups excluding carboxylic acids is 1. The van der Waals surface area contributed by atoms with Crippen LogP contribution >= 0.6 is 0 Å². The maximum atomic E-state index is 11.6. The van der Waals surface area contributed by atoms with Crippen LogP contribution in [0.25, 0.3) is 0 Å². The fraction of sp³-hybridized carbons (Fsp3) is 0.909. The predicted octanol–water partition coefficient (Wildman–Crippen LogP) is -0.217. The summed E-state index contributed by atoms with van der Waals surface area (Å²) in [7, 11) is -0.994. The Kier molecular flexibility index (Phi) is 5.39. The summed E-state index contributed by atoms with van der Waals surface area (Å²) in [5.41, 5.74) is 0. The fourth-order valence-electron chi connectivity index (χ4n) is 2.08. The van der Waals surface area contributed by atoms with Gasteiger partial charge in [-0.05, 0) is 31.8 Å². The summed E-state index contributed by atoms with van der Waals surface area (Å²) in [5, 5.41) is 5.89. The Balaban J connectivity index is 2.22. The molecule has 100 valence electrons. The first-order chi connectivity index (χ1) is 7.93. The van der Waals surface area contributed by atoms with Gasteiger partial charge in [0, 0.05) is 13.0 Å². The second-order valence-corrected chi connectivity index (χ2v) is 7.17. The highest BCUT2D eigenvalue weighted by Crippen LogP contribution is 2.21. The first kappa shape index (κ1) is 14.4. The van der Waals surface area contributed by atoms with Crippen molar-refractivity contribution in [3.63, 3.8) is 0 Å². The van der Waals surface area contributed by atoms with Crippen molar-refractivity contribution in [1.82, 2.24) is 10.6 Å². The van der Waals surface area contributed by atoms with E-state index in [0.717, 1.165) is 6.54 Å². The molecule has 5 nitrogen and oxygen atoms in total. The van der Waals surface area contributed by atoms with E-state index in [1.165, 1.54) is 0 Å². The molecule has 0 bridgehead atoms. The third kappa shape index (κ3) is 5.50.